The predicted octanol–water partition coefficient (Wildman–Crippen LogP) is 24.6. The Kier molecular flexibility index (Phi) is 24.6. The van der Waals surface area contributed by atoms with Crippen LogP contribution < -0.4 is 59.6 Å². The van der Waals surface area contributed by atoms with Crippen LogP contribution in [0.15, 0.2) is 255 Å². The van der Waals surface area contributed by atoms with E-state index in [1.165, 1.54) is 33.4 Å². The summed E-state index contributed by atoms with van der Waals surface area (Å²) in [6, 6.07) is 94.2. The molecule has 588 valence electrons. The van der Waals surface area contributed by atoms with Gasteiger partial charge in [-0.2, -0.15) is 0 Å². The van der Waals surface area contributed by atoms with Crippen molar-refractivity contribution in [1.82, 2.24) is 0 Å². The molecular weight excluding hydrogens is 1450 g/mol. The monoisotopic (exact) mass is 1570 g/mol. The Morgan fingerprint density at radius 3 is 0.421 bits per heavy atom. The van der Waals surface area contributed by atoms with Gasteiger partial charge < -0.3 is 27.8 Å². The molecular formula is C105H117O6P3. The zero-order chi connectivity index (χ0) is 81.2. The summed E-state index contributed by atoms with van der Waals surface area (Å²) in [6.07, 6.45) is 3.02. The summed E-state index contributed by atoms with van der Waals surface area (Å²) >= 11 is 0. The molecule has 13 rings (SSSR count). The average molecular weight is 1570 g/mol. The first-order chi connectivity index (χ1) is 54.1. The molecule has 0 aromatic heterocycles. The number of fused-ring (bicyclic) bond motifs is 12. The highest BCUT2D eigenvalue weighted by molar-refractivity contribution is 7.69. The maximum Gasteiger partial charge on any atom is 0.150 e. The van der Waals surface area contributed by atoms with E-state index in [1.807, 2.05) is 21.3 Å². The molecule has 0 aliphatic heterocycles. The topological polar surface area (TPSA) is 55.4 Å². The molecule has 0 saturated carbocycles. The Bertz CT molecular complexity index is 4550. The molecule has 0 N–H and O–H groups in total. The third kappa shape index (κ3) is 19.0. The lowest BCUT2D eigenvalue weighted by Crippen LogP contribution is -2.19. The second-order valence-electron chi connectivity index (χ2n) is 37.1. The minimum absolute atomic E-state index is 0.273. The summed E-state index contributed by atoms with van der Waals surface area (Å²) in [6.45, 7) is 42.1. The van der Waals surface area contributed by atoms with Crippen molar-refractivity contribution in [3.8, 4) is 34.5 Å². The number of hydrogen-bond donors (Lipinski definition) is 0. The molecule has 0 saturated heterocycles. The predicted molar refractivity (Wildman–Crippen MR) is 486 cm³/mol. The van der Waals surface area contributed by atoms with Crippen molar-refractivity contribution < 1.29 is 27.8 Å². The molecule has 114 heavy (non-hydrogen) atoms. The molecule has 6 nitrogen and oxygen atoms in total. The van der Waals surface area contributed by atoms with Crippen molar-refractivity contribution in [2.24, 2.45) is 0 Å². The standard InChI is InChI=1S/C105H117O6P3/c1-100(2,3)82-58-70-52-76-64-85(103(10,11)12)66-78(97(76)109-112(88-40-28-22-29-41-88)89-42-30-23-31-43-89)54-72-60-83(101(4,5)6)62-74(95(72)107-20)56-80-68-87(105(16,17)18)69-81(99(80)111-114(92-48-36-26-37-49-92)93-50-38-27-39-51-93)57-75-63-84(102(7,8)9)61-73(96(75)108-21)55-79-67-86(104(13,14)15)65-77(53-71(59-82)94(70)106-19)98(79)110-113(90-44-32-24-33-45-90)91-46-34-25-35-47-91/h22-51,58-69H,52-57H2,1-21H3. The Balaban J connectivity index is 1.19. The van der Waals surface area contributed by atoms with Gasteiger partial charge in [-0.15, -0.1) is 0 Å². The summed E-state index contributed by atoms with van der Waals surface area (Å²) in [5, 5.41) is 6.73. The van der Waals surface area contributed by atoms with Crippen LogP contribution in [0.3, 0.4) is 0 Å². The van der Waals surface area contributed by atoms with Gasteiger partial charge in [-0.3, -0.25) is 0 Å². The van der Waals surface area contributed by atoms with E-state index < -0.39 is 24.4 Å². The molecule has 9 heteroatoms. The van der Waals surface area contributed by atoms with Gasteiger partial charge in [-0.25, -0.2) is 0 Å². The van der Waals surface area contributed by atoms with Gasteiger partial charge in [0.15, 0.2) is 24.4 Å². The van der Waals surface area contributed by atoms with Crippen LogP contribution in [0, 0.1) is 0 Å². The first-order valence-electron chi connectivity index (χ1n) is 40.5. The minimum Gasteiger partial charge on any atom is -0.496 e. The summed E-state index contributed by atoms with van der Waals surface area (Å²) in [5.41, 5.74) is 18.5. The van der Waals surface area contributed by atoms with Gasteiger partial charge in [0.2, 0.25) is 0 Å². The van der Waals surface area contributed by atoms with Crippen LogP contribution in [0.2, 0.25) is 0 Å². The number of benzene rings is 12. The second-order valence-corrected chi connectivity index (χ2v) is 42.5. The van der Waals surface area contributed by atoms with Crippen molar-refractivity contribution in [3.05, 3.63) is 355 Å². The summed E-state index contributed by atoms with van der Waals surface area (Å²) in [7, 11) is 1.27. The number of methoxy groups -OCH3 is 3. The average Bonchev–Trinajstić information content (AvgIpc) is 0.762. The lowest BCUT2D eigenvalue weighted by molar-refractivity contribution is 0.404. The fourth-order valence-electron chi connectivity index (χ4n) is 15.5. The van der Waals surface area contributed by atoms with E-state index >= 15 is 0 Å². The molecule has 0 radical (unpaired) electrons. The molecule has 0 fully saturated rings. The molecule has 12 aromatic carbocycles. The third-order valence-corrected chi connectivity index (χ3v) is 27.7. The largest absolute Gasteiger partial charge is 0.496 e. The van der Waals surface area contributed by atoms with E-state index in [2.05, 4.69) is 379 Å². The van der Waals surface area contributed by atoms with Crippen molar-refractivity contribution in [3.63, 3.8) is 0 Å². The smallest absolute Gasteiger partial charge is 0.150 e. The van der Waals surface area contributed by atoms with Gasteiger partial charge in [0.25, 0.3) is 0 Å². The summed E-state index contributed by atoms with van der Waals surface area (Å²) in [4.78, 5) is 0. The van der Waals surface area contributed by atoms with Crippen LogP contribution >= 0.6 is 24.4 Å². The normalized spacial score (nSPS) is 13.2. The fourth-order valence-corrected chi connectivity index (χ4v) is 20.9. The van der Waals surface area contributed by atoms with Gasteiger partial charge in [0.1, 0.15) is 34.5 Å². The van der Waals surface area contributed by atoms with Crippen molar-refractivity contribution in [1.29, 1.82) is 0 Å². The zero-order valence-corrected chi connectivity index (χ0v) is 74.0. The van der Waals surface area contributed by atoms with Crippen LogP contribution in [0.5, 0.6) is 34.5 Å². The molecule has 0 atom stereocenters. The lowest BCUT2D eigenvalue weighted by atomic mass is 9.79. The van der Waals surface area contributed by atoms with E-state index in [-0.39, 0.29) is 32.5 Å². The Morgan fingerprint density at radius 1 is 0.184 bits per heavy atom. The molecule has 1 aliphatic carbocycles. The maximum absolute atomic E-state index is 8.17. The highest BCUT2D eigenvalue weighted by Gasteiger charge is 2.35. The zero-order valence-electron chi connectivity index (χ0n) is 71.3. The molecule has 0 heterocycles. The number of ether oxygens (including phenoxy) is 3. The molecule has 0 spiro atoms. The van der Waals surface area contributed by atoms with Gasteiger partial charge in [0, 0.05) is 70.4 Å². The third-order valence-electron chi connectivity index (χ3n) is 22.0. The minimum atomic E-state index is -1.44. The van der Waals surface area contributed by atoms with Crippen LogP contribution in [0.1, 0.15) is 225 Å². The number of rotatable bonds is 15. The molecule has 0 unspecified atom stereocenters. The Labute approximate surface area is 686 Å². The van der Waals surface area contributed by atoms with Gasteiger partial charge >= 0.3 is 0 Å². The van der Waals surface area contributed by atoms with Gasteiger partial charge in [-0.05, 0) is 133 Å². The highest BCUT2D eigenvalue weighted by atomic mass is 31.1. The molecule has 1 aliphatic rings. The van der Waals surface area contributed by atoms with Crippen LogP contribution in [-0.2, 0) is 71.0 Å². The first-order valence-corrected chi connectivity index (χ1v) is 44.3. The van der Waals surface area contributed by atoms with E-state index in [0.717, 1.165) is 133 Å². The Hall–Kier alpha value is -9.27. The van der Waals surface area contributed by atoms with E-state index in [9.17, 15) is 0 Å². The van der Waals surface area contributed by atoms with E-state index in [4.69, 9.17) is 27.8 Å². The lowest BCUT2D eigenvalue weighted by Gasteiger charge is -2.30. The quantitative estimate of drug-likeness (QED) is 0.0954. The molecule has 0 amide bonds. The van der Waals surface area contributed by atoms with Crippen molar-refractivity contribution >= 4 is 56.3 Å². The summed E-state index contributed by atoms with van der Waals surface area (Å²) < 4.78 is 45.7. The molecule has 12 bridgehead atoms. The van der Waals surface area contributed by atoms with E-state index in [1.54, 1.807) is 0 Å². The number of hydrogen-bond acceptors (Lipinski definition) is 6. The first kappa shape index (κ1) is 82.7. The van der Waals surface area contributed by atoms with Crippen molar-refractivity contribution in [2.45, 2.75) is 196 Å². The SMILES string of the molecule is COc1c2cc(C(C)(C)C)cc1Cc1cc(C(C)(C)C)cc(c1OP(c1ccccc1)c1ccccc1)Cc1cc(C(C)(C)C)cc(c1OC)Cc1cc(C(C)(C)C)cc(c1OP(c1ccccc1)c1ccccc1)Cc1cc(C(C)(C)C)cc(c1OC)Cc1cc(C(C)(C)C)cc(c1OP(c1ccccc1)c1ccccc1)C2. The van der Waals surface area contributed by atoms with Crippen LogP contribution in [0.25, 0.3) is 0 Å². The Morgan fingerprint density at radius 2 is 0.307 bits per heavy atom. The van der Waals surface area contributed by atoms with Crippen molar-refractivity contribution in [2.75, 3.05) is 21.3 Å². The second kappa shape index (κ2) is 33.9. The maximum atomic E-state index is 8.17. The van der Waals surface area contributed by atoms with E-state index in [0.29, 0.717) is 38.5 Å². The van der Waals surface area contributed by atoms with Gasteiger partial charge in [-0.1, -0.05) is 379 Å². The van der Waals surface area contributed by atoms with Crippen LogP contribution in [0.4, 0.5) is 0 Å². The van der Waals surface area contributed by atoms with Crippen LogP contribution in [-0.4, -0.2) is 21.3 Å². The molecule has 12 aromatic rings. The summed E-state index contributed by atoms with van der Waals surface area (Å²) in [5.74, 6) is 5.12. The van der Waals surface area contributed by atoms with Gasteiger partial charge in [0.05, 0.1) is 21.3 Å². The highest BCUT2D eigenvalue weighted by Crippen LogP contribution is 2.52. The fraction of sp³-hybridized carbons (Fsp3) is 0.314.